The molecule has 24 heavy (non-hydrogen) atoms. The number of nitrogens with zero attached hydrogens (tertiary/aromatic N) is 2. The van der Waals surface area contributed by atoms with Gasteiger partial charge in [0.2, 0.25) is 0 Å². The number of fused-ring (bicyclic) bond motifs is 1. The Morgan fingerprint density at radius 2 is 1.67 bits per heavy atom. The molecule has 5 heteroatoms. The number of benzene rings is 2. The largest absolute Gasteiger partial charge is 0.268 e. The first-order valence-corrected chi connectivity index (χ1v) is 9.05. The van der Waals surface area contributed by atoms with Gasteiger partial charge in [0, 0.05) is 11.6 Å². The normalized spacial score (nSPS) is 12.2. The van der Waals surface area contributed by atoms with E-state index in [9.17, 15) is 8.42 Å². The van der Waals surface area contributed by atoms with Gasteiger partial charge in [-0.15, -0.1) is 0 Å². The molecular formula is C19H18N2O2S. The van der Waals surface area contributed by atoms with E-state index in [2.05, 4.69) is 20.8 Å². The summed E-state index contributed by atoms with van der Waals surface area (Å²) in [5, 5.41) is 9.82. The Labute approximate surface area is 142 Å². The Morgan fingerprint density at radius 1 is 1.00 bits per heavy atom. The molecule has 0 radical (unpaired) electrons. The molecule has 0 aliphatic heterocycles. The predicted octanol–water partition coefficient (Wildman–Crippen LogP) is 4.05. The van der Waals surface area contributed by atoms with E-state index in [0.29, 0.717) is 11.1 Å². The third kappa shape index (κ3) is 2.70. The molecule has 0 atom stereocenters. The fourth-order valence-corrected chi connectivity index (χ4v) is 3.97. The summed E-state index contributed by atoms with van der Waals surface area (Å²) >= 11 is 0. The Bertz CT molecular complexity index is 1050. The summed E-state index contributed by atoms with van der Waals surface area (Å²) in [6, 6.07) is 15.8. The van der Waals surface area contributed by atoms with Gasteiger partial charge in [0.15, 0.2) is 0 Å². The molecule has 1 heterocycles. The summed E-state index contributed by atoms with van der Waals surface area (Å²) in [5.74, 6) is 0. The average molecular weight is 338 g/mol. The highest BCUT2D eigenvalue weighted by Crippen LogP contribution is 2.26. The minimum absolute atomic E-state index is 0.0376. The molecule has 0 amide bonds. The molecule has 0 fully saturated rings. The first-order chi connectivity index (χ1) is 11.2. The minimum Gasteiger partial charge on any atom is -0.241 e. The number of hydrogen-bond acceptors (Lipinski definition) is 3. The molecule has 0 spiro atoms. The zero-order chi connectivity index (χ0) is 17.5. The van der Waals surface area contributed by atoms with Gasteiger partial charge in [-0.3, -0.25) is 0 Å². The molecule has 0 bridgehead atoms. The smallest absolute Gasteiger partial charge is 0.241 e. The molecule has 3 aromatic rings. The van der Waals surface area contributed by atoms with Crippen molar-refractivity contribution in [3.63, 3.8) is 0 Å². The van der Waals surface area contributed by atoms with Gasteiger partial charge in [-0.05, 0) is 41.3 Å². The summed E-state index contributed by atoms with van der Waals surface area (Å²) in [7, 11) is -3.70. The fourth-order valence-electron chi connectivity index (χ4n) is 2.62. The first-order valence-electron chi connectivity index (χ1n) is 7.61. The van der Waals surface area contributed by atoms with Crippen LogP contribution in [0, 0.1) is 11.3 Å². The van der Waals surface area contributed by atoms with E-state index in [-0.39, 0.29) is 10.3 Å². The van der Waals surface area contributed by atoms with Gasteiger partial charge < -0.3 is 0 Å². The average Bonchev–Trinajstić information content (AvgIpc) is 2.97. The molecule has 1 aromatic heterocycles. The maximum absolute atomic E-state index is 12.9. The van der Waals surface area contributed by atoms with Crippen LogP contribution in [0.4, 0.5) is 0 Å². The van der Waals surface area contributed by atoms with Crippen molar-refractivity contribution in [1.29, 1.82) is 5.26 Å². The summed E-state index contributed by atoms with van der Waals surface area (Å²) in [6.45, 7) is 6.25. The molecule has 0 saturated heterocycles. The molecule has 3 rings (SSSR count). The van der Waals surface area contributed by atoms with Crippen LogP contribution in [0.5, 0.6) is 0 Å². The van der Waals surface area contributed by atoms with Crippen LogP contribution in [0.1, 0.15) is 31.9 Å². The Balaban J connectivity index is 2.13. The summed E-state index contributed by atoms with van der Waals surface area (Å²) in [5.41, 5.74) is 1.98. The lowest BCUT2D eigenvalue weighted by molar-refractivity contribution is 0.583. The SMILES string of the molecule is CC(C)(C)c1ccc(S(=O)(=O)n2ccc3ccc(C#N)cc32)cc1. The summed E-state index contributed by atoms with van der Waals surface area (Å²) in [4.78, 5) is 0.232. The number of nitriles is 1. The topological polar surface area (TPSA) is 62.9 Å². The zero-order valence-corrected chi connectivity index (χ0v) is 14.6. The van der Waals surface area contributed by atoms with Gasteiger partial charge in [-0.25, -0.2) is 12.4 Å². The summed E-state index contributed by atoms with van der Waals surface area (Å²) < 4.78 is 27.1. The molecular weight excluding hydrogens is 320 g/mol. The number of aromatic nitrogens is 1. The molecule has 2 aromatic carbocycles. The third-order valence-electron chi connectivity index (χ3n) is 4.06. The van der Waals surface area contributed by atoms with Crippen molar-refractivity contribution in [2.75, 3.05) is 0 Å². The van der Waals surface area contributed by atoms with Gasteiger partial charge in [-0.1, -0.05) is 39.0 Å². The monoisotopic (exact) mass is 338 g/mol. The highest BCUT2D eigenvalue weighted by Gasteiger charge is 2.20. The van der Waals surface area contributed by atoms with E-state index in [1.54, 1.807) is 36.4 Å². The van der Waals surface area contributed by atoms with E-state index in [1.165, 1.54) is 10.2 Å². The second kappa shape index (κ2) is 5.50. The maximum Gasteiger partial charge on any atom is 0.268 e. The van der Waals surface area contributed by atoms with E-state index in [1.807, 2.05) is 18.2 Å². The maximum atomic E-state index is 12.9. The van der Waals surface area contributed by atoms with Crippen molar-refractivity contribution in [2.24, 2.45) is 0 Å². The Hall–Kier alpha value is -2.58. The summed E-state index contributed by atoms with van der Waals surface area (Å²) in [6.07, 6.45) is 1.53. The predicted molar refractivity (Wildman–Crippen MR) is 94.4 cm³/mol. The Morgan fingerprint density at radius 3 is 2.25 bits per heavy atom. The van der Waals surface area contributed by atoms with Gasteiger partial charge in [0.1, 0.15) is 0 Å². The van der Waals surface area contributed by atoms with Crippen LogP contribution in [0.2, 0.25) is 0 Å². The highest BCUT2D eigenvalue weighted by atomic mass is 32.2. The molecule has 4 nitrogen and oxygen atoms in total. The van der Waals surface area contributed by atoms with E-state index in [4.69, 9.17) is 5.26 Å². The van der Waals surface area contributed by atoms with Crippen LogP contribution in [0.15, 0.2) is 59.6 Å². The van der Waals surface area contributed by atoms with Gasteiger partial charge >= 0.3 is 0 Å². The number of rotatable bonds is 2. The van der Waals surface area contributed by atoms with Crippen molar-refractivity contribution < 1.29 is 8.42 Å². The van der Waals surface area contributed by atoms with Crippen molar-refractivity contribution in [3.8, 4) is 6.07 Å². The number of hydrogen-bond donors (Lipinski definition) is 0. The van der Waals surface area contributed by atoms with Crippen molar-refractivity contribution in [3.05, 3.63) is 65.9 Å². The van der Waals surface area contributed by atoms with Gasteiger partial charge in [-0.2, -0.15) is 5.26 Å². The van der Waals surface area contributed by atoms with Gasteiger partial charge in [0.25, 0.3) is 10.0 Å². The fraction of sp³-hybridized carbons (Fsp3) is 0.211. The molecule has 0 aliphatic carbocycles. The van der Waals surface area contributed by atoms with E-state index < -0.39 is 10.0 Å². The second-order valence-electron chi connectivity index (χ2n) is 6.78. The molecule has 0 saturated carbocycles. The molecule has 0 N–H and O–H groups in total. The first kappa shape index (κ1) is 16.3. The van der Waals surface area contributed by atoms with Crippen molar-refractivity contribution in [2.45, 2.75) is 31.1 Å². The van der Waals surface area contributed by atoms with Crippen LogP contribution in [0.25, 0.3) is 10.9 Å². The lowest BCUT2D eigenvalue weighted by Gasteiger charge is -2.19. The quantitative estimate of drug-likeness (QED) is 0.708. The van der Waals surface area contributed by atoms with E-state index >= 15 is 0 Å². The third-order valence-corrected chi connectivity index (χ3v) is 5.77. The lowest BCUT2D eigenvalue weighted by atomic mass is 9.87. The van der Waals surface area contributed by atoms with Crippen LogP contribution in [-0.4, -0.2) is 12.4 Å². The zero-order valence-electron chi connectivity index (χ0n) is 13.8. The standard InChI is InChI=1S/C19H18N2O2S/c1-19(2,3)16-6-8-17(9-7-16)24(22,23)21-11-10-15-5-4-14(13-20)12-18(15)21/h4-12H,1-3H3. The van der Waals surface area contributed by atoms with E-state index in [0.717, 1.165) is 10.9 Å². The molecule has 0 aliphatic rings. The van der Waals surface area contributed by atoms with Gasteiger partial charge in [0.05, 0.1) is 22.0 Å². The van der Waals surface area contributed by atoms with Crippen molar-refractivity contribution >= 4 is 20.9 Å². The second-order valence-corrected chi connectivity index (χ2v) is 8.59. The lowest BCUT2D eigenvalue weighted by Crippen LogP contribution is -2.14. The molecule has 122 valence electrons. The highest BCUT2D eigenvalue weighted by molar-refractivity contribution is 7.90. The Kier molecular flexibility index (Phi) is 3.73. The molecule has 0 unspecified atom stereocenters. The van der Waals surface area contributed by atoms with Crippen molar-refractivity contribution in [1.82, 2.24) is 3.97 Å². The van der Waals surface area contributed by atoms with Crippen LogP contribution in [0.3, 0.4) is 0 Å². The minimum atomic E-state index is -3.70. The van der Waals surface area contributed by atoms with Crippen LogP contribution >= 0.6 is 0 Å². The van der Waals surface area contributed by atoms with Crippen LogP contribution < -0.4 is 0 Å². The van der Waals surface area contributed by atoms with Crippen LogP contribution in [-0.2, 0) is 15.4 Å².